The molecule has 1 aliphatic carbocycles. The molecule has 1 aromatic rings. The Morgan fingerprint density at radius 2 is 1.89 bits per heavy atom. The van der Waals surface area contributed by atoms with Crippen molar-refractivity contribution in [3.05, 3.63) is 33.4 Å². The molecule has 3 heteroatoms. The van der Waals surface area contributed by atoms with Crippen molar-refractivity contribution >= 4 is 28.4 Å². The van der Waals surface area contributed by atoms with E-state index in [-0.39, 0.29) is 5.78 Å². The number of hydrogen-bond donors (Lipinski definition) is 0. The van der Waals surface area contributed by atoms with Crippen LogP contribution in [0.1, 0.15) is 38.2 Å². The third-order valence-corrected chi connectivity index (χ3v) is 4.98. The fourth-order valence-corrected chi connectivity index (χ4v) is 3.13. The summed E-state index contributed by atoms with van der Waals surface area (Å²) >= 11 is 2.28. The Morgan fingerprint density at radius 3 is 2.42 bits per heavy atom. The van der Waals surface area contributed by atoms with E-state index in [2.05, 4.69) is 29.5 Å². The quantitative estimate of drug-likeness (QED) is 0.747. The van der Waals surface area contributed by atoms with Crippen LogP contribution in [0.4, 0.5) is 0 Å². The average molecular weight is 372 g/mol. The standard InChI is InChI=1S/C16H21IO2/c1-12-7-9-16(19-2,10-8-12)15(18)11-13-3-5-14(17)6-4-13/h3-6,12H,7-11H2,1-2H3. The minimum atomic E-state index is -0.532. The predicted octanol–water partition coefficient (Wildman–Crippen LogP) is 4.00. The lowest BCUT2D eigenvalue weighted by atomic mass is 9.76. The van der Waals surface area contributed by atoms with Gasteiger partial charge in [-0.25, -0.2) is 0 Å². The van der Waals surface area contributed by atoms with Gasteiger partial charge in [-0.2, -0.15) is 0 Å². The highest BCUT2D eigenvalue weighted by Crippen LogP contribution is 2.35. The monoisotopic (exact) mass is 372 g/mol. The Balaban J connectivity index is 2.06. The van der Waals surface area contributed by atoms with Gasteiger partial charge in [0, 0.05) is 17.1 Å². The van der Waals surface area contributed by atoms with Gasteiger partial charge in [-0.3, -0.25) is 4.79 Å². The van der Waals surface area contributed by atoms with Crippen molar-refractivity contribution < 1.29 is 9.53 Å². The van der Waals surface area contributed by atoms with Crippen LogP contribution in [0.15, 0.2) is 24.3 Å². The highest BCUT2D eigenvalue weighted by Gasteiger charge is 2.40. The molecule has 0 aliphatic heterocycles. The zero-order valence-corrected chi connectivity index (χ0v) is 13.8. The minimum Gasteiger partial charge on any atom is -0.370 e. The number of ether oxygens (including phenoxy) is 1. The average Bonchev–Trinajstić information content (AvgIpc) is 2.42. The van der Waals surface area contributed by atoms with E-state index in [1.165, 1.54) is 3.57 Å². The van der Waals surface area contributed by atoms with Gasteiger partial charge in [0.05, 0.1) is 0 Å². The van der Waals surface area contributed by atoms with Gasteiger partial charge in [0.15, 0.2) is 5.78 Å². The smallest absolute Gasteiger partial charge is 0.168 e. The summed E-state index contributed by atoms with van der Waals surface area (Å²) in [6.07, 6.45) is 4.40. The molecule has 0 atom stereocenters. The fourth-order valence-electron chi connectivity index (χ4n) is 2.77. The zero-order chi connectivity index (χ0) is 13.9. The van der Waals surface area contributed by atoms with E-state index in [1.54, 1.807) is 7.11 Å². The van der Waals surface area contributed by atoms with Gasteiger partial charge >= 0.3 is 0 Å². The van der Waals surface area contributed by atoms with Crippen LogP contribution >= 0.6 is 22.6 Å². The maximum Gasteiger partial charge on any atom is 0.168 e. The number of ketones is 1. The van der Waals surface area contributed by atoms with Crippen LogP contribution in [0.25, 0.3) is 0 Å². The summed E-state index contributed by atoms with van der Waals surface area (Å²) in [5.41, 5.74) is 0.552. The van der Waals surface area contributed by atoms with Crippen molar-refractivity contribution in [2.24, 2.45) is 5.92 Å². The molecule has 1 aromatic carbocycles. The fraction of sp³-hybridized carbons (Fsp3) is 0.562. The summed E-state index contributed by atoms with van der Waals surface area (Å²) in [7, 11) is 1.68. The van der Waals surface area contributed by atoms with E-state index < -0.39 is 5.60 Å². The van der Waals surface area contributed by atoms with Crippen LogP contribution in [0.5, 0.6) is 0 Å². The Kier molecular flexibility index (Phi) is 5.01. The lowest BCUT2D eigenvalue weighted by molar-refractivity contribution is -0.145. The Hall–Kier alpha value is -0.420. The number of halogens is 1. The normalized spacial score (nSPS) is 27.2. The van der Waals surface area contributed by atoms with Crippen LogP contribution in [0.2, 0.25) is 0 Å². The van der Waals surface area contributed by atoms with Crippen molar-refractivity contribution in [2.75, 3.05) is 7.11 Å². The van der Waals surface area contributed by atoms with E-state index in [0.29, 0.717) is 6.42 Å². The largest absolute Gasteiger partial charge is 0.370 e. The maximum absolute atomic E-state index is 12.6. The van der Waals surface area contributed by atoms with Crippen LogP contribution in [0, 0.1) is 9.49 Å². The summed E-state index contributed by atoms with van der Waals surface area (Å²) in [5, 5.41) is 0. The molecule has 0 amide bonds. The first-order valence-corrected chi connectivity index (χ1v) is 7.96. The lowest BCUT2D eigenvalue weighted by Gasteiger charge is -2.37. The molecule has 19 heavy (non-hydrogen) atoms. The van der Waals surface area contributed by atoms with Gasteiger partial charge in [-0.1, -0.05) is 19.1 Å². The van der Waals surface area contributed by atoms with Crippen molar-refractivity contribution in [3.8, 4) is 0 Å². The molecule has 1 saturated carbocycles. The topological polar surface area (TPSA) is 26.3 Å². The van der Waals surface area contributed by atoms with E-state index >= 15 is 0 Å². The van der Waals surface area contributed by atoms with E-state index in [4.69, 9.17) is 4.74 Å². The second-order valence-corrected chi connectivity index (χ2v) is 6.85. The number of Topliss-reactive ketones (excluding diaryl/α,β-unsaturated/α-hetero) is 1. The molecule has 0 heterocycles. The highest BCUT2D eigenvalue weighted by atomic mass is 127. The molecule has 0 unspecified atom stereocenters. The molecule has 2 rings (SSSR count). The summed E-state index contributed by atoms with van der Waals surface area (Å²) in [6.45, 7) is 2.25. The van der Waals surface area contributed by atoms with E-state index in [9.17, 15) is 4.79 Å². The summed E-state index contributed by atoms with van der Waals surface area (Å²) in [6, 6.07) is 8.17. The van der Waals surface area contributed by atoms with Gasteiger partial charge in [0.1, 0.15) is 5.60 Å². The number of carbonyl (C=O) groups is 1. The molecular weight excluding hydrogens is 351 g/mol. The van der Waals surface area contributed by atoms with Crippen LogP contribution in [-0.2, 0) is 16.0 Å². The Morgan fingerprint density at radius 1 is 1.32 bits per heavy atom. The SMILES string of the molecule is COC1(C(=O)Cc2ccc(I)cc2)CCC(C)CC1. The molecule has 0 N–H and O–H groups in total. The van der Waals surface area contributed by atoms with Gasteiger partial charge in [0.2, 0.25) is 0 Å². The number of benzene rings is 1. The first kappa shape index (κ1) is 15.0. The predicted molar refractivity (Wildman–Crippen MR) is 85.2 cm³/mol. The number of hydrogen-bond acceptors (Lipinski definition) is 2. The van der Waals surface area contributed by atoms with E-state index in [0.717, 1.165) is 37.2 Å². The molecule has 1 aliphatic rings. The van der Waals surface area contributed by atoms with Crippen LogP contribution < -0.4 is 0 Å². The van der Waals surface area contributed by atoms with Gasteiger partial charge in [0.25, 0.3) is 0 Å². The zero-order valence-electron chi connectivity index (χ0n) is 11.6. The molecule has 104 valence electrons. The molecular formula is C16H21IO2. The summed E-state index contributed by atoms with van der Waals surface area (Å²) in [5.74, 6) is 0.956. The van der Waals surface area contributed by atoms with Crippen molar-refractivity contribution in [3.63, 3.8) is 0 Å². The van der Waals surface area contributed by atoms with Crippen molar-refractivity contribution in [1.82, 2.24) is 0 Å². The maximum atomic E-state index is 12.6. The minimum absolute atomic E-state index is 0.239. The molecule has 0 aromatic heterocycles. The molecule has 0 bridgehead atoms. The highest BCUT2D eigenvalue weighted by molar-refractivity contribution is 14.1. The number of methoxy groups -OCH3 is 1. The van der Waals surface area contributed by atoms with Crippen molar-refractivity contribution in [2.45, 2.75) is 44.6 Å². The van der Waals surface area contributed by atoms with Gasteiger partial charge in [-0.15, -0.1) is 0 Å². The molecule has 1 fully saturated rings. The second kappa shape index (κ2) is 6.35. The van der Waals surface area contributed by atoms with Gasteiger partial charge < -0.3 is 4.74 Å². The summed E-state index contributed by atoms with van der Waals surface area (Å²) < 4.78 is 6.83. The van der Waals surface area contributed by atoms with Crippen LogP contribution in [0.3, 0.4) is 0 Å². The molecule has 0 spiro atoms. The number of rotatable bonds is 4. The van der Waals surface area contributed by atoms with Crippen LogP contribution in [-0.4, -0.2) is 18.5 Å². The van der Waals surface area contributed by atoms with Gasteiger partial charge in [-0.05, 0) is 71.9 Å². The Labute approximate surface area is 129 Å². The molecule has 2 nitrogen and oxygen atoms in total. The second-order valence-electron chi connectivity index (χ2n) is 5.61. The molecule has 0 radical (unpaired) electrons. The third-order valence-electron chi connectivity index (χ3n) is 4.26. The first-order valence-electron chi connectivity index (χ1n) is 6.88. The number of carbonyl (C=O) groups excluding carboxylic acids is 1. The van der Waals surface area contributed by atoms with Crippen molar-refractivity contribution in [1.29, 1.82) is 0 Å². The lowest BCUT2D eigenvalue weighted by Crippen LogP contribution is -2.44. The third kappa shape index (κ3) is 3.57. The first-order chi connectivity index (χ1) is 9.05. The summed E-state index contributed by atoms with van der Waals surface area (Å²) in [4.78, 5) is 12.6. The Bertz CT molecular complexity index is 431. The van der Waals surface area contributed by atoms with E-state index in [1.807, 2.05) is 24.3 Å². The molecule has 0 saturated heterocycles.